The highest BCUT2D eigenvalue weighted by Gasteiger charge is 1.84. The van der Waals surface area contributed by atoms with Crippen molar-refractivity contribution in [2.45, 2.75) is 19.8 Å². The van der Waals surface area contributed by atoms with Crippen LogP contribution < -0.4 is 16.8 Å². The van der Waals surface area contributed by atoms with Crippen molar-refractivity contribution in [3.63, 3.8) is 0 Å². The van der Waals surface area contributed by atoms with Gasteiger partial charge in [-0.25, -0.2) is 0 Å². The van der Waals surface area contributed by atoms with Gasteiger partial charge in [-0.1, -0.05) is 6.92 Å². The molecule has 0 spiro atoms. The molecule has 0 aliphatic carbocycles. The van der Waals surface area contributed by atoms with Crippen molar-refractivity contribution in [3.8, 4) is 0 Å². The lowest BCUT2D eigenvalue weighted by Gasteiger charge is -1.87. The van der Waals surface area contributed by atoms with Gasteiger partial charge in [0.25, 0.3) is 0 Å². The minimum atomic E-state index is 0.0926. The van der Waals surface area contributed by atoms with Crippen LogP contribution in [0.1, 0.15) is 19.8 Å². The van der Waals surface area contributed by atoms with Crippen LogP contribution in [0.2, 0.25) is 0 Å². The summed E-state index contributed by atoms with van der Waals surface area (Å²) in [5.41, 5.74) is 10.1. The number of carbonyl (C=O) groups is 1. The highest BCUT2D eigenvalue weighted by atomic mass is 16.1. The maximum Gasteiger partial charge on any atom is 0.219 e. The molecule has 0 aliphatic heterocycles. The summed E-state index contributed by atoms with van der Waals surface area (Å²) in [6, 6.07) is 0. The second-order valence-corrected chi connectivity index (χ2v) is 1.96. The van der Waals surface area contributed by atoms with Crippen molar-refractivity contribution >= 4 is 5.91 Å². The van der Waals surface area contributed by atoms with Crippen molar-refractivity contribution in [2.75, 3.05) is 20.1 Å². The zero-order valence-corrected chi connectivity index (χ0v) is 7.39. The van der Waals surface area contributed by atoms with E-state index in [4.69, 9.17) is 11.5 Å². The quantitative estimate of drug-likeness (QED) is 0.519. The Labute approximate surface area is 68.3 Å². The zero-order chi connectivity index (χ0) is 9.11. The summed E-state index contributed by atoms with van der Waals surface area (Å²) in [6.07, 6.45) is 1.52. The van der Waals surface area contributed by atoms with Crippen molar-refractivity contribution in [1.29, 1.82) is 0 Å². The third-order valence-corrected chi connectivity index (χ3v) is 1.01. The summed E-state index contributed by atoms with van der Waals surface area (Å²) >= 11 is 0. The molecular weight excluding hydrogens is 142 g/mol. The molecule has 4 nitrogen and oxygen atoms in total. The molecule has 0 heterocycles. The summed E-state index contributed by atoms with van der Waals surface area (Å²) < 4.78 is 0. The SMILES string of the molecule is CCC(=O)NC.NCCCN. The van der Waals surface area contributed by atoms with Crippen LogP contribution in [-0.4, -0.2) is 26.0 Å². The Balaban J connectivity index is 0. The van der Waals surface area contributed by atoms with Crippen LogP contribution in [0.5, 0.6) is 0 Å². The maximum absolute atomic E-state index is 10.1. The first-order valence-corrected chi connectivity index (χ1v) is 3.83. The van der Waals surface area contributed by atoms with Crippen molar-refractivity contribution in [2.24, 2.45) is 11.5 Å². The average molecular weight is 161 g/mol. The molecule has 4 heteroatoms. The molecule has 0 saturated carbocycles. The lowest BCUT2D eigenvalue weighted by atomic mass is 10.4. The fourth-order valence-corrected chi connectivity index (χ4v) is 0.295. The van der Waals surface area contributed by atoms with Gasteiger partial charge in [0.05, 0.1) is 0 Å². The van der Waals surface area contributed by atoms with Crippen LogP contribution in [0.25, 0.3) is 0 Å². The van der Waals surface area contributed by atoms with Gasteiger partial charge in [-0.3, -0.25) is 4.79 Å². The van der Waals surface area contributed by atoms with E-state index in [1.54, 1.807) is 7.05 Å². The normalized spacial score (nSPS) is 8.00. The van der Waals surface area contributed by atoms with Crippen LogP contribution in [0.4, 0.5) is 0 Å². The van der Waals surface area contributed by atoms with Crippen molar-refractivity contribution in [3.05, 3.63) is 0 Å². The molecule has 68 valence electrons. The number of hydrogen-bond acceptors (Lipinski definition) is 3. The van der Waals surface area contributed by atoms with E-state index in [0.29, 0.717) is 6.42 Å². The minimum Gasteiger partial charge on any atom is -0.359 e. The Kier molecular flexibility index (Phi) is 14.3. The molecule has 0 aromatic rings. The Morgan fingerprint density at radius 1 is 1.36 bits per heavy atom. The molecule has 0 aromatic carbocycles. The van der Waals surface area contributed by atoms with Crippen LogP contribution in [0.15, 0.2) is 0 Å². The molecular formula is C7H19N3O. The van der Waals surface area contributed by atoms with Gasteiger partial charge < -0.3 is 16.8 Å². The van der Waals surface area contributed by atoms with Crippen LogP contribution in [0.3, 0.4) is 0 Å². The topological polar surface area (TPSA) is 81.1 Å². The lowest BCUT2D eigenvalue weighted by Crippen LogP contribution is -2.15. The molecule has 0 atom stereocenters. The predicted octanol–water partition coefficient (Wildman–Crippen LogP) is -0.564. The van der Waals surface area contributed by atoms with E-state index >= 15 is 0 Å². The van der Waals surface area contributed by atoms with Gasteiger partial charge in [0.1, 0.15) is 0 Å². The van der Waals surface area contributed by atoms with Gasteiger partial charge in [0, 0.05) is 13.5 Å². The monoisotopic (exact) mass is 161 g/mol. The molecule has 0 bridgehead atoms. The molecule has 5 N–H and O–H groups in total. The predicted molar refractivity (Wildman–Crippen MR) is 47.1 cm³/mol. The third kappa shape index (κ3) is 17.7. The van der Waals surface area contributed by atoms with Gasteiger partial charge >= 0.3 is 0 Å². The summed E-state index contributed by atoms with van der Waals surface area (Å²) in [6.45, 7) is 3.26. The largest absolute Gasteiger partial charge is 0.359 e. The Morgan fingerprint density at radius 2 is 1.82 bits per heavy atom. The summed E-state index contributed by atoms with van der Waals surface area (Å²) in [5, 5.41) is 2.48. The van der Waals surface area contributed by atoms with Crippen LogP contribution in [0, 0.1) is 0 Å². The second kappa shape index (κ2) is 12.1. The molecule has 0 radical (unpaired) electrons. The molecule has 11 heavy (non-hydrogen) atoms. The van der Waals surface area contributed by atoms with E-state index in [2.05, 4.69) is 5.32 Å². The maximum atomic E-state index is 10.1. The van der Waals surface area contributed by atoms with Crippen LogP contribution in [-0.2, 0) is 4.79 Å². The fourth-order valence-electron chi connectivity index (χ4n) is 0.295. The smallest absolute Gasteiger partial charge is 0.219 e. The third-order valence-electron chi connectivity index (χ3n) is 1.01. The van der Waals surface area contributed by atoms with Crippen molar-refractivity contribution < 1.29 is 4.79 Å². The van der Waals surface area contributed by atoms with E-state index in [0.717, 1.165) is 19.5 Å². The number of carbonyl (C=O) groups excluding carboxylic acids is 1. The average Bonchev–Trinajstić information content (AvgIpc) is 2.06. The van der Waals surface area contributed by atoms with Crippen LogP contribution >= 0.6 is 0 Å². The second-order valence-electron chi connectivity index (χ2n) is 1.96. The van der Waals surface area contributed by atoms with Gasteiger partial charge in [-0.05, 0) is 19.5 Å². The first kappa shape index (κ1) is 13.0. The minimum absolute atomic E-state index is 0.0926. The van der Waals surface area contributed by atoms with E-state index in [9.17, 15) is 4.79 Å². The number of nitrogens with one attached hydrogen (secondary N) is 1. The van der Waals surface area contributed by atoms with Gasteiger partial charge in [-0.2, -0.15) is 0 Å². The summed E-state index contributed by atoms with van der Waals surface area (Å²) in [4.78, 5) is 10.1. The number of amides is 1. The molecule has 1 amide bonds. The van der Waals surface area contributed by atoms with E-state index in [-0.39, 0.29) is 5.91 Å². The fraction of sp³-hybridized carbons (Fsp3) is 0.857. The zero-order valence-electron chi connectivity index (χ0n) is 7.39. The summed E-state index contributed by atoms with van der Waals surface area (Å²) in [5.74, 6) is 0.0926. The molecule has 0 rings (SSSR count). The van der Waals surface area contributed by atoms with Gasteiger partial charge in [0.15, 0.2) is 0 Å². The van der Waals surface area contributed by atoms with E-state index in [1.165, 1.54) is 0 Å². The number of rotatable bonds is 3. The standard InChI is InChI=1S/C4H9NO.C3H10N2/c1-3-4(6)5-2;4-2-1-3-5/h3H2,1-2H3,(H,5,6);1-5H2. The molecule has 0 fully saturated rings. The highest BCUT2D eigenvalue weighted by Crippen LogP contribution is 1.68. The molecule has 0 aromatic heterocycles. The molecule has 0 saturated heterocycles. The Bertz CT molecular complexity index is 77.8. The Hall–Kier alpha value is -0.610. The summed E-state index contributed by atoms with van der Waals surface area (Å²) in [7, 11) is 1.63. The molecule has 0 aliphatic rings. The van der Waals surface area contributed by atoms with Crippen molar-refractivity contribution in [1.82, 2.24) is 5.32 Å². The Morgan fingerprint density at radius 3 is 1.82 bits per heavy atom. The number of nitrogens with two attached hydrogens (primary N) is 2. The van der Waals surface area contributed by atoms with Gasteiger partial charge in [-0.15, -0.1) is 0 Å². The van der Waals surface area contributed by atoms with E-state index in [1.807, 2.05) is 6.92 Å². The lowest BCUT2D eigenvalue weighted by molar-refractivity contribution is -0.120. The molecule has 0 unspecified atom stereocenters. The first-order chi connectivity index (χ1) is 5.22. The van der Waals surface area contributed by atoms with E-state index < -0.39 is 0 Å². The van der Waals surface area contributed by atoms with Gasteiger partial charge in [0.2, 0.25) is 5.91 Å². The number of hydrogen-bond donors (Lipinski definition) is 3. The highest BCUT2D eigenvalue weighted by molar-refractivity contribution is 5.74. The first-order valence-electron chi connectivity index (χ1n) is 3.83.